The predicted molar refractivity (Wildman–Crippen MR) is 403 cm³/mol. The third-order valence-corrected chi connectivity index (χ3v) is 34.1. The number of nitrogens with zero attached hydrogens (tertiary/aromatic N) is 16. The fraction of sp³-hybridized carbons (Fsp3) is 0.0513. The summed E-state index contributed by atoms with van der Waals surface area (Å²) in [5, 5.41) is 11.7. The van der Waals surface area contributed by atoms with Gasteiger partial charge < -0.3 is 21.2 Å². The highest BCUT2D eigenvalue weighted by Crippen LogP contribution is 2.44. The summed E-state index contributed by atoms with van der Waals surface area (Å²) >= 11 is -6.68. The molecule has 0 atom stereocenters. The van der Waals surface area contributed by atoms with E-state index in [9.17, 15) is 0 Å². The molecule has 0 saturated carbocycles. The van der Waals surface area contributed by atoms with Crippen molar-refractivity contribution >= 4 is 181 Å². The summed E-state index contributed by atoms with van der Waals surface area (Å²) in [4.78, 5) is 66.6. The van der Waals surface area contributed by atoms with E-state index < -0.39 is 46.5 Å². The normalized spacial score (nSPS) is 15.6. The van der Waals surface area contributed by atoms with Gasteiger partial charge in [0.2, 0.25) is 0 Å². The van der Waals surface area contributed by atoms with E-state index in [1.54, 1.807) is 0 Å². The smallest absolute Gasteiger partial charge is 0.506 e. The molecule has 22 heteroatoms. The third-order valence-electron chi connectivity index (χ3n) is 20.5. The Bertz CT molecular complexity index is 6050. The van der Waals surface area contributed by atoms with Crippen LogP contribution in [0.3, 0.4) is 0 Å². The molecule has 0 N–H and O–H groups in total. The Morgan fingerprint density at radius 3 is 0.660 bits per heavy atom. The summed E-state index contributed by atoms with van der Waals surface area (Å²) < 4.78 is 26.1. The zero-order valence-corrected chi connectivity index (χ0v) is 58.4. The summed E-state index contributed by atoms with van der Waals surface area (Å²) in [6.45, 7) is 9.31. The molecule has 18 nitrogen and oxygen atoms in total. The van der Waals surface area contributed by atoms with E-state index in [0.717, 1.165) is 109 Å². The van der Waals surface area contributed by atoms with Crippen molar-refractivity contribution in [1.29, 1.82) is 0 Å². The molecule has 12 bridgehead atoms. The first-order chi connectivity index (χ1) is 49.1. The van der Waals surface area contributed by atoms with E-state index in [2.05, 4.69) is 222 Å². The van der Waals surface area contributed by atoms with Gasteiger partial charge in [0.05, 0.1) is 0 Å². The van der Waals surface area contributed by atoms with Crippen molar-refractivity contribution in [2.45, 2.75) is 26.2 Å². The summed E-state index contributed by atoms with van der Waals surface area (Å²) in [6, 6.07) is 80.1. The van der Waals surface area contributed by atoms with Crippen molar-refractivity contribution in [3.63, 3.8) is 0 Å². The molecule has 0 spiro atoms. The first-order valence-corrected chi connectivity index (χ1v) is 42.2. The van der Waals surface area contributed by atoms with Crippen LogP contribution in [-0.4, -0.2) is 107 Å². The first kappa shape index (κ1) is 56.6. The Morgan fingerprint density at radius 2 is 0.420 bits per heavy atom. The average molecular weight is 1350 g/mol. The van der Waals surface area contributed by atoms with Crippen LogP contribution < -0.4 is 32.3 Å². The van der Waals surface area contributed by atoms with Crippen LogP contribution in [0.15, 0.2) is 290 Å². The standard InChI is InChI=1S/2C32H16N8.C14H18O2Si2.2Al/c2*1-2-10-18-17(9-1)25-33-26(18)38-28-21-13-5-6-14-22(21)30(35-28)40-32-24-16-8-7-15-23(24)31(36-32)39-29-20-12-4-3-11-19(20)27(34-29)37-25;1-17(2,15)13-9-10-14(18(3,4)16)12-8-6-5-7-11(12)13;;/h2*1-16H;5-10H,1-4H3;;/q3*-2;2*+3. The van der Waals surface area contributed by atoms with Crippen molar-refractivity contribution in [1.82, 2.24) is 14.2 Å². The lowest BCUT2D eigenvalue weighted by Gasteiger charge is -2.33. The van der Waals surface area contributed by atoms with E-state index in [-0.39, 0.29) is 0 Å². The van der Waals surface area contributed by atoms with Crippen molar-refractivity contribution in [3.05, 3.63) is 297 Å². The van der Waals surface area contributed by atoms with Crippen molar-refractivity contribution in [3.8, 4) is 0 Å². The van der Waals surface area contributed by atoms with Gasteiger partial charge in [-0.1, -0.05) is 231 Å². The van der Waals surface area contributed by atoms with Crippen LogP contribution >= 0.6 is 0 Å². The lowest BCUT2D eigenvalue weighted by Crippen LogP contribution is -2.59. The highest BCUT2D eigenvalue weighted by Gasteiger charge is 2.50. The van der Waals surface area contributed by atoms with E-state index in [1.165, 1.54) is 0 Å². The van der Waals surface area contributed by atoms with Gasteiger partial charge in [-0.25, -0.2) is 59.9 Å². The summed E-state index contributed by atoms with van der Waals surface area (Å²) in [6.07, 6.45) is 0. The van der Waals surface area contributed by atoms with Crippen molar-refractivity contribution in [2.24, 2.45) is 59.9 Å². The molecule has 10 aromatic carbocycles. The number of benzene rings is 10. The topological polar surface area (TPSA) is 187 Å². The van der Waals surface area contributed by atoms with Crippen LogP contribution in [0.1, 0.15) is 44.5 Å². The number of amidine groups is 8. The molecule has 22 rings (SSSR count). The SMILES string of the molecule is C[Si](C)([O][Al]1[n]2c3c4ccccc4c2N=C2N=C(N=c4c5ccccc5c([n]41)=NC1=NC(=N3)c3ccccc31)c1ccccc12)c1ccc([Si](C)(C)[O][Al]2[n]3c4c5ccccc5c3N=C3N=C(N=c5c6ccccc6c([n]52)=NC2=NC(=N4)c4ccccc42)c2ccccc23)c2ccccc12. The molecule has 14 aromatic rings. The predicted octanol–water partition coefficient (Wildman–Crippen LogP) is 11.6. The molecular weight excluding hydrogens is 1300 g/mol. The maximum atomic E-state index is 8.48. The van der Waals surface area contributed by atoms with Gasteiger partial charge in [-0.15, -0.1) is 0 Å². The number of aromatic nitrogens is 4. The Kier molecular flexibility index (Phi) is 11.7. The second kappa shape index (κ2) is 20.6. The minimum Gasteiger partial charge on any atom is -0.506 e. The lowest BCUT2D eigenvalue weighted by molar-refractivity contribution is 0.539. The van der Waals surface area contributed by atoms with Crippen molar-refractivity contribution < 1.29 is 6.96 Å². The molecule has 4 aromatic heterocycles. The largest absolute Gasteiger partial charge is 0.798 e. The van der Waals surface area contributed by atoms with Gasteiger partial charge in [0, 0.05) is 87.6 Å². The Hall–Kier alpha value is -11.4. The van der Waals surface area contributed by atoms with E-state index in [1.807, 2.05) is 48.5 Å². The maximum Gasteiger partial charge on any atom is 0.798 e. The van der Waals surface area contributed by atoms with Crippen LogP contribution in [0.4, 0.5) is 23.3 Å². The zero-order chi connectivity index (χ0) is 66.0. The van der Waals surface area contributed by atoms with Gasteiger partial charge in [0.15, 0.2) is 63.3 Å². The van der Waals surface area contributed by atoms with E-state index >= 15 is 0 Å². The summed E-state index contributed by atoms with van der Waals surface area (Å²) in [5.74, 6) is 7.34. The molecule has 8 aliphatic heterocycles. The van der Waals surface area contributed by atoms with E-state index in [0.29, 0.717) is 91.9 Å². The van der Waals surface area contributed by atoms with Crippen LogP contribution in [0.5, 0.6) is 0 Å². The van der Waals surface area contributed by atoms with Gasteiger partial charge in [0.1, 0.15) is 45.2 Å². The minimum atomic E-state index is -3.34. The molecule has 12 heterocycles. The molecule has 0 fully saturated rings. The van der Waals surface area contributed by atoms with Crippen LogP contribution in [0, 0.1) is 0 Å². The van der Waals surface area contributed by atoms with Gasteiger partial charge in [-0.2, -0.15) is 0 Å². The van der Waals surface area contributed by atoms with Crippen LogP contribution in [0.25, 0.3) is 53.9 Å². The minimum absolute atomic E-state index is 0.571. The number of hydrogen-bond donors (Lipinski definition) is 0. The number of hydrogen-bond acceptors (Lipinski definition) is 14. The van der Waals surface area contributed by atoms with Crippen LogP contribution in [-0.2, 0) is 6.96 Å². The highest BCUT2D eigenvalue weighted by molar-refractivity contribution is 6.92. The molecule has 0 amide bonds. The molecule has 468 valence electrons. The van der Waals surface area contributed by atoms with Gasteiger partial charge >= 0.3 is 29.8 Å². The summed E-state index contributed by atoms with van der Waals surface area (Å²) in [7, 11) is -6.51. The molecule has 0 unspecified atom stereocenters. The zero-order valence-electron chi connectivity index (χ0n) is 54.1. The summed E-state index contributed by atoms with van der Waals surface area (Å²) in [5.41, 5.74) is 9.95. The highest BCUT2D eigenvalue weighted by atomic mass is 28.4. The maximum absolute atomic E-state index is 8.48. The van der Waals surface area contributed by atoms with Gasteiger partial charge in [0.25, 0.3) is 0 Å². The second-order valence-electron chi connectivity index (χ2n) is 27.0. The third kappa shape index (κ3) is 7.95. The molecule has 0 saturated heterocycles. The molecule has 100 heavy (non-hydrogen) atoms. The fourth-order valence-electron chi connectivity index (χ4n) is 16.0. The van der Waals surface area contributed by atoms with Gasteiger partial charge in [-0.3, -0.25) is 0 Å². The quantitative estimate of drug-likeness (QED) is 0.150. The average Bonchev–Trinajstić information content (AvgIpc) is 1.54. The Balaban J connectivity index is 0.771. The van der Waals surface area contributed by atoms with Gasteiger partial charge in [-0.05, 0) is 47.3 Å². The first-order valence-electron chi connectivity index (χ1n) is 33.4. The van der Waals surface area contributed by atoms with Crippen LogP contribution in [0.2, 0.25) is 26.2 Å². The molecule has 0 radical (unpaired) electrons. The number of fused-ring (bicyclic) bond motifs is 29. The fourth-order valence-corrected chi connectivity index (χ4v) is 29.3. The Morgan fingerprint density at radius 1 is 0.220 bits per heavy atom. The Labute approximate surface area is 580 Å². The molecular formula is C78H50Al2N16O2Si2. The second-order valence-corrected chi connectivity index (χ2v) is 39.4. The number of aliphatic imine (C=N–C) groups is 8. The van der Waals surface area contributed by atoms with Crippen molar-refractivity contribution in [2.75, 3.05) is 0 Å². The number of rotatable bonds is 6. The molecule has 0 aliphatic carbocycles. The lowest BCUT2D eigenvalue weighted by atomic mass is 10.1. The van der Waals surface area contributed by atoms with E-state index in [4.69, 9.17) is 66.9 Å². The molecule has 8 aliphatic rings. The monoisotopic (exact) mass is 1350 g/mol.